The van der Waals surface area contributed by atoms with Gasteiger partial charge in [0, 0.05) is 18.1 Å². The van der Waals surface area contributed by atoms with Gasteiger partial charge >= 0.3 is 7.60 Å². The number of nitrogens with zero attached hydrogens (tertiary/aromatic N) is 5. The Morgan fingerprint density at radius 1 is 0.958 bits per heavy atom. The molecule has 0 aliphatic carbocycles. The zero-order valence-electron chi connectivity index (χ0n) is 25.8. The molecule has 0 saturated carbocycles. The third-order valence-corrected chi connectivity index (χ3v) is 8.01. The number of fused-ring (bicyclic) bond motifs is 1. The van der Waals surface area contributed by atoms with Crippen LogP contribution in [-0.2, 0) is 39.5 Å². The molecule has 0 radical (unpaired) electrons. The number of benzene rings is 1. The molecule has 3 aromatic rings. The maximum atomic E-state index is 11.1. The second-order valence-electron chi connectivity index (χ2n) is 10.5. The lowest BCUT2D eigenvalue weighted by Gasteiger charge is -2.25. The van der Waals surface area contributed by atoms with E-state index in [1.165, 1.54) is 10.9 Å². The molecule has 3 heterocycles. The number of aliphatic hydroxyl groups is 2. The summed E-state index contributed by atoms with van der Waals surface area (Å²) in [7, 11) is -4.44. The van der Waals surface area contributed by atoms with Gasteiger partial charge < -0.3 is 53.3 Å². The van der Waals surface area contributed by atoms with Crippen molar-refractivity contribution >= 4 is 47.6 Å². The van der Waals surface area contributed by atoms with E-state index in [1.807, 2.05) is 23.1 Å². The predicted octanol–water partition coefficient (Wildman–Crippen LogP) is 1.61. The van der Waals surface area contributed by atoms with Gasteiger partial charge in [0.15, 0.2) is 11.9 Å². The molecule has 4 N–H and O–H groups in total. The first-order chi connectivity index (χ1) is 23.1. The van der Waals surface area contributed by atoms with Crippen LogP contribution in [0.4, 0.5) is 5.82 Å². The summed E-state index contributed by atoms with van der Waals surface area (Å²) >= 11 is 12.9. The SMILES string of the molecule is C#CCOCCOCCOCCOCCN(Cc1ccccc1Cl)c1nc(Cl)nc2c1cnn2[C@@H]1O[C@H](COCP(=O)(O)O)[C@@H](O)[C@H]1O. The van der Waals surface area contributed by atoms with Crippen molar-refractivity contribution in [3.8, 4) is 12.3 Å². The van der Waals surface area contributed by atoms with E-state index >= 15 is 0 Å². The lowest BCUT2D eigenvalue weighted by Crippen LogP contribution is -2.34. The van der Waals surface area contributed by atoms with Crippen LogP contribution in [0.5, 0.6) is 0 Å². The number of ether oxygens (including phenoxy) is 6. The first kappa shape index (κ1) is 38.3. The first-order valence-electron chi connectivity index (χ1n) is 14.9. The van der Waals surface area contributed by atoms with Crippen LogP contribution in [0.1, 0.15) is 11.8 Å². The highest BCUT2D eigenvalue weighted by atomic mass is 35.5. The molecule has 4 atom stereocenters. The van der Waals surface area contributed by atoms with Gasteiger partial charge in [0.25, 0.3) is 0 Å². The normalized spacial score (nSPS) is 19.6. The van der Waals surface area contributed by atoms with Crippen LogP contribution < -0.4 is 4.90 Å². The molecule has 16 nitrogen and oxygen atoms in total. The molecule has 1 fully saturated rings. The summed E-state index contributed by atoms with van der Waals surface area (Å²) in [6.07, 6.45) is 0.516. The highest BCUT2D eigenvalue weighted by Crippen LogP contribution is 2.36. The highest BCUT2D eigenvalue weighted by Gasteiger charge is 2.45. The van der Waals surface area contributed by atoms with Crippen LogP contribution in [0.3, 0.4) is 0 Å². The molecule has 4 rings (SSSR count). The van der Waals surface area contributed by atoms with Gasteiger partial charge in [-0.25, -0.2) is 4.68 Å². The van der Waals surface area contributed by atoms with Crippen LogP contribution >= 0.6 is 30.8 Å². The minimum atomic E-state index is -4.44. The number of hydrogen-bond donors (Lipinski definition) is 4. The van der Waals surface area contributed by atoms with Crippen molar-refractivity contribution in [2.45, 2.75) is 31.1 Å². The summed E-state index contributed by atoms with van der Waals surface area (Å²) in [6, 6.07) is 7.36. The molecular weight excluding hydrogens is 696 g/mol. The molecule has 0 bridgehead atoms. The zero-order valence-corrected chi connectivity index (χ0v) is 28.3. The fourth-order valence-electron chi connectivity index (χ4n) is 4.73. The largest absolute Gasteiger partial charge is 0.387 e. The number of hydrogen-bond acceptors (Lipinski definition) is 13. The fraction of sp³-hybridized carbons (Fsp3) is 0.552. The maximum absolute atomic E-state index is 11.1. The molecule has 264 valence electrons. The maximum Gasteiger partial charge on any atom is 0.350 e. The lowest BCUT2D eigenvalue weighted by atomic mass is 10.1. The van der Waals surface area contributed by atoms with E-state index in [4.69, 9.17) is 67.8 Å². The first-order valence-corrected chi connectivity index (χ1v) is 17.4. The van der Waals surface area contributed by atoms with Crippen LogP contribution in [0.2, 0.25) is 10.3 Å². The third kappa shape index (κ3) is 11.3. The van der Waals surface area contributed by atoms with E-state index in [0.717, 1.165) is 5.56 Å². The Balaban J connectivity index is 1.42. The van der Waals surface area contributed by atoms with Crippen LogP contribution in [0.25, 0.3) is 11.0 Å². The smallest absolute Gasteiger partial charge is 0.350 e. The van der Waals surface area contributed by atoms with E-state index in [0.29, 0.717) is 75.6 Å². The number of aromatic nitrogens is 4. The Labute approximate surface area is 286 Å². The highest BCUT2D eigenvalue weighted by molar-refractivity contribution is 7.51. The number of terminal acetylenes is 1. The van der Waals surface area contributed by atoms with E-state index in [-0.39, 0.29) is 24.1 Å². The van der Waals surface area contributed by atoms with Gasteiger partial charge in [-0.15, -0.1) is 6.42 Å². The Morgan fingerprint density at radius 2 is 1.62 bits per heavy atom. The molecule has 0 unspecified atom stereocenters. The molecule has 19 heteroatoms. The van der Waals surface area contributed by atoms with Crippen molar-refractivity contribution in [2.24, 2.45) is 0 Å². The average molecular weight is 735 g/mol. The molecule has 48 heavy (non-hydrogen) atoms. The van der Waals surface area contributed by atoms with Crippen LogP contribution in [-0.4, -0.2) is 130 Å². The van der Waals surface area contributed by atoms with Crippen molar-refractivity contribution in [1.29, 1.82) is 0 Å². The average Bonchev–Trinajstić information content (AvgIpc) is 3.58. The van der Waals surface area contributed by atoms with Crippen molar-refractivity contribution in [3.05, 3.63) is 46.3 Å². The Hall–Kier alpha value is -2.46. The molecule has 1 aliphatic rings. The lowest BCUT2D eigenvalue weighted by molar-refractivity contribution is -0.0658. The number of anilines is 1. The molecule has 1 aromatic carbocycles. The summed E-state index contributed by atoms with van der Waals surface area (Å²) in [5.74, 6) is 2.80. The number of rotatable bonds is 21. The molecule has 0 amide bonds. The Morgan fingerprint density at radius 3 is 2.29 bits per heavy atom. The monoisotopic (exact) mass is 733 g/mol. The molecule has 0 spiro atoms. The number of aliphatic hydroxyl groups excluding tert-OH is 2. The second kappa shape index (κ2) is 19.1. The molecule has 1 aliphatic heterocycles. The Bertz CT molecular complexity index is 1540. The van der Waals surface area contributed by atoms with Gasteiger partial charge in [-0.1, -0.05) is 35.7 Å². The Kier molecular flexibility index (Phi) is 15.2. The van der Waals surface area contributed by atoms with Gasteiger partial charge in [0.1, 0.15) is 37.1 Å². The van der Waals surface area contributed by atoms with E-state index in [1.54, 1.807) is 6.07 Å². The summed E-state index contributed by atoms with van der Waals surface area (Å²) in [5, 5.41) is 26.6. The van der Waals surface area contributed by atoms with Gasteiger partial charge in [-0.05, 0) is 23.2 Å². The van der Waals surface area contributed by atoms with Crippen molar-refractivity contribution < 1.29 is 53.0 Å². The quantitative estimate of drug-likeness (QED) is 0.0532. The molecule has 2 aromatic heterocycles. The zero-order chi connectivity index (χ0) is 34.5. The fourth-order valence-corrected chi connectivity index (χ4v) is 5.43. The van der Waals surface area contributed by atoms with E-state index in [9.17, 15) is 14.8 Å². The second-order valence-corrected chi connectivity index (χ2v) is 12.8. The molecular formula is C29H38Cl2N5O11P. The summed E-state index contributed by atoms with van der Waals surface area (Å²) in [4.78, 5) is 28.8. The third-order valence-electron chi connectivity index (χ3n) is 6.95. The van der Waals surface area contributed by atoms with Gasteiger partial charge in [-0.3, -0.25) is 4.57 Å². The van der Waals surface area contributed by atoms with Crippen molar-refractivity contribution in [1.82, 2.24) is 19.7 Å². The minimum absolute atomic E-state index is 0.114. The van der Waals surface area contributed by atoms with Gasteiger partial charge in [-0.2, -0.15) is 15.1 Å². The summed E-state index contributed by atoms with van der Waals surface area (Å²) in [5.41, 5.74) is 1.03. The minimum Gasteiger partial charge on any atom is -0.387 e. The van der Waals surface area contributed by atoms with Gasteiger partial charge in [0.05, 0.1) is 64.4 Å². The van der Waals surface area contributed by atoms with Gasteiger partial charge in [0.2, 0.25) is 5.28 Å². The van der Waals surface area contributed by atoms with Crippen molar-refractivity contribution in [2.75, 3.05) is 77.3 Å². The summed E-state index contributed by atoms with van der Waals surface area (Å²) < 4.78 is 45.1. The van der Waals surface area contributed by atoms with Crippen LogP contribution in [0, 0.1) is 12.3 Å². The van der Waals surface area contributed by atoms with Crippen LogP contribution in [0.15, 0.2) is 30.5 Å². The predicted molar refractivity (Wildman–Crippen MR) is 174 cm³/mol. The topological polar surface area (TPSA) is 200 Å². The van der Waals surface area contributed by atoms with E-state index < -0.39 is 38.5 Å². The standard InChI is InChI=1S/C29H38Cl2N5O11P/c1-2-8-42-10-12-44-14-15-45-13-11-43-9-7-35(17-20-5-3-4-6-22(20)30)26-21-16-32-36(27(21)34-29(31)33-26)28-25(38)24(37)23(47-28)18-46-19-48(39,40)41/h1,3-6,16,23-25,28,37-38H,7-15,17-19H2,(H2,39,40,41)/t23-,24-,25-,28-/m1/s1. The summed E-state index contributed by atoms with van der Waals surface area (Å²) in [6.45, 7) is 3.20. The van der Waals surface area contributed by atoms with E-state index in [2.05, 4.69) is 21.0 Å². The molecule has 1 saturated heterocycles. The number of halogens is 2. The van der Waals surface area contributed by atoms with Crippen molar-refractivity contribution in [3.63, 3.8) is 0 Å².